The van der Waals surface area contributed by atoms with Crippen LogP contribution in [-0.2, 0) is 23.0 Å². The number of pyridine rings is 1. The molecule has 8 nitrogen and oxygen atoms in total. The first-order valence-electron chi connectivity index (χ1n) is 10.5. The van der Waals surface area contributed by atoms with Gasteiger partial charge in [-0.25, -0.2) is 8.42 Å². The monoisotopic (exact) mass is 479 g/mol. The zero-order chi connectivity index (χ0) is 23.2. The minimum atomic E-state index is -3.28. The highest BCUT2D eigenvalue weighted by Gasteiger charge is 2.33. The van der Waals surface area contributed by atoms with Crippen LogP contribution in [0.2, 0.25) is 5.02 Å². The maximum absolute atomic E-state index is 13.3. The van der Waals surface area contributed by atoms with Gasteiger partial charge in [0.15, 0.2) is 0 Å². The Kier molecular flexibility index (Phi) is 6.08. The van der Waals surface area contributed by atoms with Crippen molar-refractivity contribution in [1.82, 2.24) is 14.2 Å². The predicted molar refractivity (Wildman–Crippen MR) is 122 cm³/mol. The van der Waals surface area contributed by atoms with E-state index < -0.39 is 10.0 Å². The first kappa shape index (κ1) is 22.8. The summed E-state index contributed by atoms with van der Waals surface area (Å²) in [7, 11) is -3.28. The second-order valence-electron chi connectivity index (χ2n) is 8.48. The molecule has 0 radical (unpaired) electrons. The van der Waals surface area contributed by atoms with Gasteiger partial charge in [0.1, 0.15) is 11.9 Å². The molecule has 1 atom stereocenters. The molecule has 1 amide bonds. The summed E-state index contributed by atoms with van der Waals surface area (Å²) in [5, 5.41) is 0.226. The van der Waals surface area contributed by atoms with Gasteiger partial charge in [-0.15, -0.1) is 0 Å². The Hall–Kier alpha value is -2.36. The van der Waals surface area contributed by atoms with Gasteiger partial charge in [-0.3, -0.25) is 9.59 Å². The highest BCUT2D eigenvalue weighted by Crippen LogP contribution is 2.36. The van der Waals surface area contributed by atoms with Gasteiger partial charge in [-0.05, 0) is 49.9 Å². The summed E-state index contributed by atoms with van der Waals surface area (Å²) in [5.74, 6) is 0.121. The lowest BCUT2D eigenvalue weighted by Crippen LogP contribution is -2.39. The molecule has 1 unspecified atom stereocenters. The molecule has 2 aliphatic heterocycles. The molecule has 1 aromatic heterocycles. The average molecular weight is 480 g/mol. The van der Waals surface area contributed by atoms with E-state index in [-0.39, 0.29) is 35.7 Å². The van der Waals surface area contributed by atoms with Crippen molar-refractivity contribution in [3.05, 3.63) is 61.5 Å². The van der Waals surface area contributed by atoms with Crippen LogP contribution in [0, 0.1) is 13.8 Å². The number of nitrogens with one attached hydrogen (secondary N) is 1. The van der Waals surface area contributed by atoms with Crippen LogP contribution in [0.5, 0.6) is 5.75 Å². The summed E-state index contributed by atoms with van der Waals surface area (Å²) in [4.78, 5) is 30.1. The third kappa shape index (κ3) is 4.42. The number of carbonyl (C=O) groups excluding carboxylic acids is 1. The number of aromatic nitrogens is 1. The van der Waals surface area contributed by atoms with Crippen molar-refractivity contribution in [2.45, 2.75) is 39.3 Å². The van der Waals surface area contributed by atoms with Crippen LogP contribution in [-0.4, -0.2) is 60.5 Å². The Morgan fingerprint density at radius 3 is 2.62 bits per heavy atom. The highest BCUT2D eigenvalue weighted by atomic mass is 35.5. The van der Waals surface area contributed by atoms with Crippen LogP contribution in [0.25, 0.3) is 0 Å². The molecule has 3 heterocycles. The Morgan fingerprint density at radius 2 is 1.97 bits per heavy atom. The average Bonchev–Trinajstić information content (AvgIpc) is 3.17. The SMILES string of the molecule is Cc1cc(C)c(CN2CCc3ccc(OC4CCN(S(C)(=O)=O)C4)c(Cl)c3C2=O)c(=O)[nH]1. The number of nitrogens with zero attached hydrogens (tertiary/aromatic N) is 2. The number of hydrogen-bond acceptors (Lipinski definition) is 5. The van der Waals surface area contributed by atoms with Gasteiger partial charge in [-0.2, -0.15) is 4.31 Å². The minimum Gasteiger partial charge on any atom is -0.487 e. The van der Waals surface area contributed by atoms with E-state index in [1.54, 1.807) is 11.0 Å². The fourth-order valence-electron chi connectivity index (χ4n) is 4.34. The molecule has 2 aromatic rings. The summed E-state index contributed by atoms with van der Waals surface area (Å²) in [6.45, 7) is 5.01. The maximum Gasteiger partial charge on any atom is 0.256 e. The van der Waals surface area contributed by atoms with Crippen molar-refractivity contribution in [1.29, 1.82) is 0 Å². The molecule has 1 fully saturated rings. The molecule has 2 aliphatic rings. The summed E-state index contributed by atoms with van der Waals surface area (Å²) >= 11 is 6.61. The third-order valence-corrected chi connectivity index (χ3v) is 7.70. The van der Waals surface area contributed by atoms with Crippen molar-refractivity contribution in [2.24, 2.45) is 0 Å². The number of fused-ring (bicyclic) bond motifs is 1. The lowest BCUT2D eigenvalue weighted by molar-refractivity contribution is 0.0725. The molecule has 1 N–H and O–H groups in total. The molecular formula is C22H26ClN3O5S. The third-order valence-electron chi connectivity index (χ3n) is 6.06. The smallest absolute Gasteiger partial charge is 0.256 e. The molecule has 4 rings (SSSR count). The Balaban J connectivity index is 1.56. The molecule has 1 aromatic carbocycles. The summed E-state index contributed by atoms with van der Waals surface area (Å²) in [6.07, 6.45) is 2.02. The van der Waals surface area contributed by atoms with E-state index in [9.17, 15) is 18.0 Å². The topological polar surface area (TPSA) is 99.8 Å². The maximum atomic E-state index is 13.3. The molecular weight excluding hydrogens is 454 g/mol. The van der Waals surface area contributed by atoms with Gasteiger partial charge in [0.05, 0.1) is 29.9 Å². The first-order valence-corrected chi connectivity index (χ1v) is 12.7. The number of sulfonamides is 1. The molecule has 0 saturated carbocycles. The zero-order valence-electron chi connectivity index (χ0n) is 18.3. The number of rotatable bonds is 5. The van der Waals surface area contributed by atoms with Gasteiger partial charge in [0, 0.05) is 24.3 Å². The molecule has 0 spiro atoms. The molecule has 172 valence electrons. The van der Waals surface area contributed by atoms with Gasteiger partial charge >= 0.3 is 0 Å². The van der Waals surface area contributed by atoms with Gasteiger partial charge in [0.2, 0.25) is 10.0 Å². The Labute approximate surface area is 192 Å². The molecule has 10 heteroatoms. The second-order valence-corrected chi connectivity index (χ2v) is 10.8. The molecule has 32 heavy (non-hydrogen) atoms. The van der Waals surface area contributed by atoms with Crippen LogP contribution in [0.4, 0.5) is 0 Å². The number of benzene rings is 1. The zero-order valence-corrected chi connectivity index (χ0v) is 19.8. The molecule has 0 aliphatic carbocycles. The fourth-order valence-corrected chi connectivity index (χ4v) is 5.52. The van der Waals surface area contributed by atoms with Gasteiger partial charge < -0.3 is 14.6 Å². The van der Waals surface area contributed by atoms with E-state index >= 15 is 0 Å². The van der Waals surface area contributed by atoms with E-state index in [0.29, 0.717) is 42.8 Å². The number of hydrogen-bond donors (Lipinski definition) is 1. The van der Waals surface area contributed by atoms with Crippen LogP contribution < -0.4 is 10.3 Å². The number of carbonyl (C=O) groups is 1. The summed E-state index contributed by atoms with van der Waals surface area (Å²) in [5.41, 5.74) is 3.20. The van der Waals surface area contributed by atoms with Crippen molar-refractivity contribution in [2.75, 3.05) is 25.9 Å². The number of ether oxygens (including phenoxy) is 1. The minimum absolute atomic E-state index is 0.194. The number of halogens is 1. The van der Waals surface area contributed by atoms with Crippen molar-refractivity contribution in [3.8, 4) is 5.75 Å². The summed E-state index contributed by atoms with van der Waals surface area (Å²) < 4.78 is 30.9. The number of aryl methyl sites for hydroxylation is 2. The standard InChI is InChI=1S/C22H26ClN3O5S/c1-13-10-14(2)24-21(27)17(13)12-25-8-6-15-4-5-18(20(23)19(15)22(25)28)31-16-7-9-26(11-16)32(3,29)30/h4-5,10,16H,6-9,11-12H2,1-3H3,(H,24,27). The second kappa shape index (κ2) is 8.53. The van der Waals surface area contributed by atoms with E-state index in [0.717, 1.165) is 16.8 Å². The van der Waals surface area contributed by atoms with Crippen LogP contribution in [0.3, 0.4) is 0 Å². The highest BCUT2D eigenvalue weighted by molar-refractivity contribution is 7.88. The quantitative estimate of drug-likeness (QED) is 0.709. The Morgan fingerprint density at radius 1 is 1.22 bits per heavy atom. The number of aromatic amines is 1. The summed E-state index contributed by atoms with van der Waals surface area (Å²) in [6, 6.07) is 5.46. The Bertz CT molecular complexity index is 1240. The van der Waals surface area contributed by atoms with Gasteiger partial charge in [0.25, 0.3) is 11.5 Å². The lowest BCUT2D eigenvalue weighted by Gasteiger charge is -2.30. The van der Waals surface area contributed by atoms with E-state index in [1.165, 1.54) is 10.6 Å². The number of amides is 1. The van der Waals surface area contributed by atoms with Crippen molar-refractivity contribution in [3.63, 3.8) is 0 Å². The fraction of sp³-hybridized carbons (Fsp3) is 0.455. The van der Waals surface area contributed by atoms with Gasteiger partial charge in [-0.1, -0.05) is 17.7 Å². The van der Waals surface area contributed by atoms with E-state index in [2.05, 4.69) is 4.98 Å². The van der Waals surface area contributed by atoms with E-state index in [4.69, 9.17) is 16.3 Å². The first-order chi connectivity index (χ1) is 15.0. The normalized spacial score (nSPS) is 19.3. The van der Waals surface area contributed by atoms with Crippen molar-refractivity contribution >= 4 is 27.5 Å². The largest absolute Gasteiger partial charge is 0.487 e. The predicted octanol–water partition coefficient (Wildman–Crippen LogP) is 2.26. The molecule has 0 bridgehead atoms. The van der Waals surface area contributed by atoms with Crippen LogP contribution in [0.1, 0.15) is 39.2 Å². The van der Waals surface area contributed by atoms with Crippen LogP contribution in [0.15, 0.2) is 23.0 Å². The number of H-pyrrole nitrogens is 1. The van der Waals surface area contributed by atoms with E-state index in [1.807, 2.05) is 26.0 Å². The lowest BCUT2D eigenvalue weighted by atomic mass is 9.97. The van der Waals surface area contributed by atoms with Crippen LogP contribution >= 0.6 is 11.6 Å². The van der Waals surface area contributed by atoms with Crippen molar-refractivity contribution < 1.29 is 17.9 Å². The molecule has 1 saturated heterocycles.